The van der Waals surface area contributed by atoms with Crippen LogP contribution in [0.5, 0.6) is 11.5 Å². The number of aromatic nitrogens is 2. The number of rotatable bonds is 5. The number of anilines is 2. The van der Waals surface area contributed by atoms with E-state index in [1.165, 1.54) is 0 Å². The second-order valence-corrected chi connectivity index (χ2v) is 5.40. The smallest absolute Gasteiger partial charge is 0.227 e. The van der Waals surface area contributed by atoms with E-state index in [0.717, 1.165) is 16.9 Å². The number of nitrogens with one attached hydrogen (secondary N) is 1. The van der Waals surface area contributed by atoms with Crippen LogP contribution in [0.3, 0.4) is 0 Å². The molecule has 0 atom stereocenters. The Bertz CT molecular complexity index is 838. The molecular weight excluding hydrogens is 326 g/mol. The lowest BCUT2D eigenvalue weighted by molar-refractivity contribution is 0.355. The lowest BCUT2D eigenvalue weighted by Gasteiger charge is -2.10. The van der Waals surface area contributed by atoms with Gasteiger partial charge in [-0.15, -0.1) is 0 Å². The maximum absolute atomic E-state index is 5.89. The molecular formula is C18H16ClN3O2. The standard InChI is InChI=1S/C18H16ClN3O2/c1-23-16-8-3-12(11-17(16)24-2)15-9-10-20-18(22-15)21-14-6-4-13(19)5-7-14/h3-11H,1-2H3,(H,20,21,22). The summed E-state index contributed by atoms with van der Waals surface area (Å²) in [7, 11) is 3.21. The van der Waals surface area contributed by atoms with Crippen LogP contribution in [0.25, 0.3) is 11.3 Å². The molecule has 0 saturated heterocycles. The minimum Gasteiger partial charge on any atom is -0.493 e. The van der Waals surface area contributed by atoms with Crippen LogP contribution in [-0.2, 0) is 0 Å². The molecule has 122 valence electrons. The Kier molecular flexibility index (Phi) is 4.82. The Hall–Kier alpha value is -2.79. The van der Waals surface area contributed by atoms with Crippen LogP contribution in [0.15, 0.2) is 54.7 Å². The molecule has 0 radical (unpaired) electrons. The fraction of sp³-hybridized carbons (Fsp3) is 0.111. The first-order valence-electron chi connectivity index (χ1n) is 7.27. The molecule has 1 N–H and O–H groups in total. The van der Waals surface area contributed by atoms with Crippen LogP contribution in [0, 0.1) is 0 Å². The van der Waals surface area contributed by atoms with Crippen molar-refractivity contribution in [3.8, 4) is 22.8 Å². The summed E-state index contributed by atoms with van der Waals surface area (Å²) in [6.07, 6.45) is 1.71. The van der Waals surface area contributed by atoms with E-state index in [1.807, 2.05) is 48.5 Å². The van der Waals surface area contributed by atoms with Gasteiger partial charge in [0.05, 0.1) is 19.9 Å². The van der Waals surface area contributed by atoms with E-state index < -0.39 is 0 Å². The van der Waals surface area contributed by atoms with Gasteiger partial charge in [-0.3, -0.25) is 0 Å². The molecule has 24 heavy (non-hydrogen) atoms. The van der Waals surface area contributed by atoms with Crippen LogP contribution in [-0.4, -0.2) is 24.2 Å². The van der Waals surface area contributed by atoms with Crippen molar-refractivity contribution in [3.63, 3.8) is 0 Å². The van der Waals surface area contributed by atoms with Gasteiger partial charge in [-0.25, -0.2) is 9.97 Å². The molecule has 0 aliphatic rings. The van der Waals surface area contributed by atoms with Gasteiger partial charge < -0.3 is 14.8 Å². The predicted octanol–water partition coefficient (Wildman–Crippen LogP) is 4.56. The van der Waals surface area contributed by atoms with Gasteiger partial charge in [0.2, 0.25) is 5.95 Å². The van der Waals surface area contributed by atoms with Gasteiger partial charge in [-0.1, -0.05) is 11.6 Å². The van der Waals surface area contributed by atoms with E-state index >= 15 is 0 Å². The molecule has 0 bridgehead atoms. The number of hydrogen-bond acceptors (Lipinski definition) is 5. The van der Waals surface area contributed by atoms with Crippen molar-refractivity contribution in [2.24, 2.45) is 0 Å². The van der Waals surface area contributed by atoms with Crippen LogP contribution < -0.4 is 14.8 Å². The molecule has 1 aromatic heterocycles. The second kappa shape index (κ2) is 7.19. The summed E-state index contributed by atoms with van der Waals surface area (Å²) in [5.74, 6) is 1.83. The SMILES string of the molecule is COc1ccc(-c2ccnc(Nc3ccc(Cl)cc3)n2)cc1OC. The number of ether oxygens (including phenoxy) is 2. The van der Waals surface area contributed by atoms with Gasteiger partial charge in [0.25, 0.3) is 0 Å². The quantitative estimate of drug-likeness (QED) is 0.737. The molecule has 5 nitrogen and oxygen atoms in total. The molecule has 6 heteroatoms. The van der Waals surface area contributed by atoms with Crippen LogP contribution in [0.2, 0.25) is 5.02 Å². The van der Waals surface area contributed by atoms with E-state index in [0.29, 0.717) is 22.5 Å². The number of nitrogens with zero attached hydrogens (tertiary/aromatic N) is 2. The molecule has 0 spiro atoms. The zero-order chi connectivity index (χ0) is 16.9. The van der Waals surface area contributed by atoms with Gasteiger partial charge in [0, 0.05) is 22.5 Å². The third-order valence-corrected chi connectivity index (χ3v) is 3.69. The highest BCUT2D eigenvalue weighted by molar-refractivity contribution is 6.30. The first kappa shape index (κ1) is 16.1. The Morgan fingerprint density at radius 1 is 0.917 bits per heavy atom. The topological polar surface area (TPSA) is 56.3 Å². The summed E-state index contributed by atoms with van der Waals surface area (Å²) in [6.45, 7) is 0. The van der Waals surface area contributed by atoms with Gasteiger partial charge in [-0.2, -0.15) is 0 Å². The van der Waals surface area contributed by atoms with Gasteiger partial charge in [-0.05, 0) is 48.5 Å². The summed E-state index contributed by atoms with van der Waals surface area (Å²) in [5.41, 5.74) is 2.56. The summed E-state index contributed by atoms with van der Waals surface area (Å²) < 4.78 is 10.6. The maximum Gasteiger partial charge on any atom is 0.227 e. The lowest BCUT2D eigenvalue weighted by Crippen LogP contribution is -1.98. The minimum atomic E-state index is 0.504. The molecule has 3 aromatic rings. The molecule has 0 saturated carbocycles. The van der Waals surface area contributed by atoms with Crippen molar-refractivity contribution in [2.75, 3.05) is 19.5 Å². The van der Waals surface area contributed by atoms with Crippen LogP contribution in [0.1, 0.15) is 0 Å². The molecule has 0 aliphatic carbocycles. The van der Waals surface area contributed by atoms with Crippen molar-refractivity contribution in [2.45, 2.75) is 0 Å². The zero-order valence-corrected chi connectivity index (χ0v) is 14.0. The highest BCUT2D eigenvalue weighted by atomic mass is 35.5. The number of hydrogen-bond donors (Lipinski definition) is 1. The van der Waals surface area contributed by atoms with Crippen LogP contribution in [0.4, 0.5) is 11.6 Å². The largest absolute Gasteiger partial charge is 0.493 e. The fourth-order valence-electron chi connectivity index (χ4n) is 2.24. The first-order valence-corrected chi connectivity index (χ1v) is 7.65. The molecule has 0 aliphatic heterocycles. The van der Waals surface area contributed by atoms with Crippen molar-refractivity contribution in [1.29, 1.82) is 0 Å². The molecule has 2 aromatic carbocycles. The average Bonchev–Trinajstić information content (AvgIpc) is 2.63. The van der Waals surface area contributed by atoms with Gasteiger partial charge >= 0.3 is 0 Å². The summed E-state index contributed by atoms with van der Waals surface area (Å²) in [4.78, 5) is 8.79. The van der Waals surface area contributed by atoms with Gasteiger partial charge in [0.15, 0.2) is 11.5 Å². The van der Waals surface area contributed by atoms with E-state index in [-0.39, 0.29) is 0 Å². The van der Waals surface area contributed by atoms with E-state index in [2.05, 4.69) is 15.3 Å². The molecule has 3 rings (SSSR count). The summed E-state index contributed by atoms with van der Waals surface area (Å²) in [6, 6.07) is 14.9. The van der Waals surface area contributed by atoms with E-state index in [9.17, 15) is 0 Å². The van der Waals surface area contributed by atoms with Crippen molar-refractivity contribution >= 4 is 23.2 Å². The van der Waals surface area contributed by atoms with Gasteiger partial charge in [0.1, 0.15) is 0 Å². The predicted molar refractivity (Wildman–Crippen MR) is 95.3 cm³/mol. The Morgan fingerprint density at radius 2 is 1.67 bits per heavy atom. The van der Waals surface area contributed by atoms with Crippen molar-refractivity contribution in [3.05, 3.63) is 59.8 Å². The van der Waals surface area contributed by atoms with Crippen LogP contribution >= 0.6 is 11.6 Å². The Morgan fingerprint density at radius 3 is 2.38 bits per heavy atom. The molecule has 1 heterocycles. The maximum atomic E-state index is 5.89. The molecule has 0 amide bonds. The second-order valence-electron chi connectivity index (χ2n) is 4.97. The number of benzene rings is 2. The Balaban J connectivity index is 1.88. The number of methoxy groups -OCH3 is 2. The average molecular weight is 342 g/mol. The minimum absolute atomic E-state index is 0.504. The summed E-state index contributed by atoms with van der Waals surface area (Å²) in [5, 5.41) is 3.84. The third-order valence-electron chi connectivity index (χ3n) is 3.44. The van der Waals surface area contributed by atoms with Crippen molar-refractivity contribution in [1.82, 2.24) is 9.97 Å². The lowest BCUT2D eigenvalue weighted by atomic mass is 10.1. The zero-order valence-electron chi connectivity index (χ0n) is 13.3. The highest BCUT2D eigenvalue weighted by Crippen LogP contribution is 2.31. The molecule has 0 fully saturated rings. The Labute approximate surface area is 145 Å². The third kappa shape index (κ3) is 3.58. The fourth-order valence-corrected chi connectivity index (χ4v) is 2.36. The number of halogens is 1. The normalized spacial score (nSPS) is 10.3. The first-order chi connectivity index (χ1) is 11.7. The van der Waals surface area contributed by atoms with E-state index in [1.54, 1.807) is 20.4 Å². The summed E-state index contributed by atoms with van der Waals surface area (Å²) >= 11 is 5.89. The van der Waals surface area contributed by atoms with Crippen molar-refractivity contribution < 1.29 is 9.47 Å². The highest BCUT2D eigenvalue weighted by Gasteiger charge is 2.08. The monoisotopic (exact) mass is 341 g/mol. The molecule has 0 unspecified atom stereocenters. The van der Waals surface area contributed by atoms with E-state index in [4.69, 9.17) is 21.1 Å².